The molecule has 2 aromatic carbocycles. The molecule has 1 heterocycles. The summed E-state index contributed by atoms with van der Waals surface area (Å²) in [5.41, 5.74) is 0.276. The Balaban J connectivity index is 0.000000804. The number of fused-ring (bicyclic) bond motifs is 1. The number of carboxylic acid groups (broad SMARTS) is 1. The van der Waals surface area contributed by atoms with Crippen molar-refractivity contribution in [3.8, 4) is 0 Å². The zero-order chi connectivity index (χ0) is 35.5. The summed E-state index contributed by atoms with van der Waals surface area (Å²) in [5, 5.41) is 17.9. The maximum Gasteiger partial charge on any atom is 0.490 e. The van der Waals surface area contributed by atoms with E-state index in [0.717, 1.165) is 43.1 Å². The maximum absolute atomic E-state index is 12.6. The van der Waals surface area contributed by atoms with E-state index in [-0.39, 0.29) is 4.90 Å². The summed E-state index contributed by atoms with van der Waals surface area (Å²) in [6.07, 6.45) is -1.67. The molecule has 264 valence electrons. The molecule has 1 amide bonds. The zero-order valence-corrected chi connectivity index (χ0v) is 28.3. The van der Waals surface area contributed by atoms with Gasteiger partial charge < -0.3 is 25.8 Å². The summed E-state index contributed by atoms with van der Waals surface area (Å²) < 4.78 is 65.0. The van der Waals surface area contributed by atoms with Gasteiger partial charge in [0.2, 0.25) is 16.0 Å². The van der Waals surface area contributed by atoms with E-state index in [1.54, 1.807) is 18.2 Å². The van der Waals surface area contributed by atoms with Crippen LogP contribution in [0.25, 0.3) is 10.9 Å². The molecule has 0 spiro atoms. The quantitative estimate of drug-likeness (QED) is 0.147. The van der Waals surface area contributed by atoms with E-state index < -0.39 is 33.9 Å². The average molecular weight is 717 g/mol. The first kappa shape index (κ1) is 38.6. The number of halogens is 4. The molecule has 12 nitrogen and oxygen atoms in total. The Morgan fingerprint density at radius 1 is 0.938 bits per heavy atom. The molecular formula is C31H40ClF3N6O6S. The Labute approximate surface area is 282 Å². The van der Waals surface area contributed by atoms with Crippen LogP contribution in [-0.4, -0.2) is 73.5 Å². The Morgan fingerprint density at radius 3 is 2.17 bits per heavy atom. The first-order valence-electron chi connectivity index (χ1n) is 15.2. The van der Waals surface area contributed by atoms with Crippen LogP contribution in [0.2, 0.25) is 5.02 Å². The summed E-state index contributed by atoms with van der Waals surface area (Å²) in [6, 6.07) is 14.1. The predicted molar refractivity (Wildman–Crippen MR) is 177 cm³/mol. The lowest BCUT2D eigenvalue weighted by molar-refractivity contribution is -0.192. The molecular weight excluding hydrogens is 677 g/mol. The summed E-state index contributed by atoms with van der Waals surface area (Å²) in [4.78, 5) is 30.4. The third kappa shape index (κ3) is 13.0. The number of hydrogen-bond acceptors (Lipinski definition) is 9. The van der Waals surface area contributed by atoms with Gasteiger partial charge in [0.15, 0.2) is 0 Å². The number of sulfonamides is 1. The Hall–Kier alpha value is -3.89. The molecule has 0 radical (unpaired) electrons. The molecule has 0 atom stereocenters. The molecule has 0 saturated heterocycles. The van der Waals surface area contributed by atoms with E-state index in [1.807, 2.05) is 45.0 Å². The van der Waals surface area contributed by atoms with E-state index in [0.29, 0.717) is 48.3 Å². The van der Waals surface area contributed by atoms with Gasteiger partial charge in [-0.15, -0.1) is 0 Å². The molecule has 0 aliphatic heterocycles. The second-order valence-corrected chi connectivity index (χ2v) is 14.4. The molecule has 1 aliphatic rings. The molecule has 3 aromatic rings. The number of nitrogens with zero attached hydrogens (tertiary/aromatic N) is 2. The lowest BCUT2D eigenvalue weighted by atomic mass is 9.82. The smallest absolute Gasteiger partial charge is 0.475 e. The number of alkyl carbamates (subject to hydrolysis) is 1. The van der Waals surface area contributed by atoms with Crippen molar-refractivity contribution < 1.29 is 41.0 Å². The van der Waals surface area contributed by atoms with Gasteiger partial charge in [0.25, 0.3) is 0 Å². The number of benzene rings is 2. The van der Waals surface area contributed by atoms with Crippen molar-refractivity contribution in [1.82, 2.24) is 20.0 Å². The van der Waals surface area contributed by atoms with Crippen molar-refractivity contribution in [3.63, 3.8) is 0 Å². The molecule has 48 heavy (non-hydrogen) atoms. The Bertz CT molecular complexity index is 1650. The van der Waals surface area contributed by atoms with Gasteiger partial charge in [-0.05, 0) is 88.6 Å². The fourth-order valence-electron chi connectivity index (χ4n) is 4.77. The van der Waals surface area contributed by atoms with Gasteiger partial charge in [0, 0.05) is 36.6 Å². The van der Waals surface area contributed by atoms with Gasteiger partial charge in [-0.3, -0.25) is 0 Å². The second kappa shape index (κ2) is 17.0. The number of carbonyl (C=O) groups excluding carboxylic acids is 1. The predicted octanol–water partition coefficient (Wildman–Crippen LogP) is 6.05. The Kier molecular flexibility index (Phi) is 13.6. The maximum atomic E-state index is 12.6. The van der Waals surface area contributed by atoms with Crippen molar-refractivity contribution >= 4 is 56.4 Å². The van der Waals surface area contributed by atoms with Crippen molar-refractivity contribution in [1.29, 1.82) is 0 Å². The molecule has 1 aromatic heterocycles. The number of carbonyl (C=O) groups is 2. The SMILES string of the molecule is CC(C)(C)OC(=O)NCCNc1nc(NCC2CCC(CNS(=O)(=O)c3cccc(Cl)c3)CC2)nc2ccccc12.O=C(O)C(F)(F)F. The van der Waals surface area contributed by atoms with Crippen LogP contribution in [0.1, 0.15) is 46.5 Å². The van der Waals surface area contributed by atoms with E-state index in [1.165, 1.54) is 6.07 Å². The minimum atomic E-state index is -5.08. The monoisotopic (exact) mass is 716 g/mol. The molecule has 1 fully saturated rings. The molecule has 4 rings (SSSR count). The lowest BCUT2D eigenvalue weighted by Gasteiger charge is -2.28. The third-order valence-corrected chi connectivity index (χ3v) is 8.77. The fourth-order valence-corrected chi connectivity index (χ4v) is 6.19. The number of aliphatic carboxylic acids is 1. The first-order valence-corrected chi connectivity index (χ1v) is 17.1. The number of ether oxygens (including phenoxy) is 1. The normalized spacial score (nSPS) is 16.7. The van der Waals surface area contributed by atoms with E-state index in [9.17, 15) is 26.4 Å². The standard InChI is InChI=1S/C29H39ClN6O4S.C2HF3O2/c1-29(2,3)40-28(37)32-16-15-31-26-24-9-4-5-10-25(24)35-27(36-26)33-18-20-11-13-21(14-12-20)19-34-41(38,39)23-8-6-7-22(30)17-23;3-2(4,5)1(6)7/h4-10,17,20-21,34H,11-16,18-19H2,1-3H3,(H,32,37)(H2,31,33,35,36);(H,6,7). The molecule has 17 heteroatoms. The first-order chi connectivity index (χ1) is 22.4. The van der Waals surface area contributed by atoms with Crippen molar-refractivity contribution in [2.45, 2.75) is 63.1 Å². The van der Waals surface area contributed by atoms with Crippen molar-refractivity contribution in [2.24, 2.45) is 11.8 Å². The van der Waals surface area contributed by atoms with Gasteiger partial charge in [0.1, 0.15) is 11.4 Å². The summed E-state index contributed by atoms with van der Waals surface area (Å²) in [6.45, 7) is 7.49. The highest BCUT2D eigenvalue weighted by Crippen LogP contribution is 2.29. The van der Waals surface area contributed by atoms with Crippen LogP contribution in [0.3, 0.4) is 0 Å². The van der Waals surface area contributed by atoms with Gasteiger partial charge in [-0.1, -0.05) is 29.8 Å². The molecule has 0 unspecified atom stereocenters. The minimum Gasteiger partial charge on any atom is -0.475 e. The van der Waals surface area contributed by atoms with Gasteiger partial charge >= 0.3 is 18.2 Å². The number of anilines is 2. The highest BCUT2D eigenvalue weighted by atomic mass is 35.5. The average Bonchev–Trinajstić information content (AvgIpc) is 3.00. The minimum absolute atomic E-state index is 0.187. The number of alkyl halides is 3. The Morgan fingerprint density at radius 2 is 1.56 bits per heavy atom. The van der Waals surface area contributed by atoms with Gasteiger partial charge in [-0.25, -0.2) is 27.7 Å². The number of carboxylic acids is 1. The lowest BCUT2D eigenvalue weighted by Crippen LogP contribution is -2.35. The van der Waals surface area contributed by atoms with Crippen LogP contribution >= 0.6 is 11.6 Å². The van der Waals surface area contributed by atoms with Gasteiger partial charge in [0.05, 0.1) is 10.4 Å². The number of amides is 1. The number of hydrogen-bond donors (Lipinski definition) is 5. The van der Waals surface area contributed by atoms with Crippen LogP contribution in [-0.2, 0) is 19.6 Å². The highest BCUT2D eigenvalue weighted by Gasteiger charge is 2.38. The third-order valence-electron chi connectivity index (χ3n) is 7.11. The fraction of sp³-hybridized carbons (Fsp3) is 0.484. The van der Waals surface area contributed by atoms with Crippen LogP contribution < -0.4 is 20.7 Å². The molecule has 5 N–H and O–H groups in total. The van der Waals surface area contributed by atoms with Crippen LogP contribution in [0, 0.1) is 11.8 Å². The number of aromatic nitrogens is 2. The van der Waals surface area contributed by atoms with Crippen LogP contribution in [0.4, 0.5) is 29.7 Å². The summed E-state index contributed by atoms with van der Waals surface area (Å²) >= 11 is 5.95. The molecule has 0 bridgehead atoms. The van der Waals surface area contributed by atoms with Crippen molar-refractivity contribution in [3.05, 3.63) is 53.6 Å². The van der Waals surface area contributed by atoms with Gasteiger partial charge in [-0.2, -0.15) is 18.2 Å². The number of nitrogens with one attached hydrogen (secondary N) is 4. The van der Waals surface area contributed by atoms with Crippen molar-refractivity contribution in [2.75, 3.05) is 36.8 Å². The van der Waals surface area contributed by atoms with E-state index in [4.69, 9.17) is 31.2 Å². The largest absolute Gasteiger partial charge is 0.490 e. The van der Waals surface area contributed by atoms with E-state index >= 15 is 0 Å². The highest BCUT2D eigenvalue weighted by molar-refractivity contribution is 7.89. The second-order valence-electron chi connectivity index (χ2n) is 12.1. The molecule has 1 aliphatic carbocycles. The van der Waals surface area contributed by atoms with E-state index in [2.05, 4.69) is 25.7 Å². The summed E-state index contributed by atoms with van der Waals surface area (Å²) in [5.74, 6) is -0.780. The molecule has 1 saturated carbocycles. The number of rotatable bonds is 11. The number of para-hydroxylation sites is 1. The van der Waals surface area contributed by atoms with Crippen LogP contribution in [0.15, 0.2) is 53.4 Å². The summed E-state index contributed by atoms with van der Waals surface area (Å²) in [7, 11) is -3.58. The van der Waals surface area contributed by atoms with Crippen LogP contribution in [0.5, 0.6) is 0 Å². The topological polar surface area (TPSA) is 172 Å². The zero-order valence-electron chi connectivity index (χ0n) is 26.7.